The number of anilines is 2. The maximum Gasteiger partial charge on any atom is 0.0661 e. The molecule has 4 heteroatoms. The second-order valence-corrected chi connectivity index (χ2v) is 6.07. The zero-order valence-corrected chi connectivity index (χ0v) is 12.0. The van der Waals surface area contributed by atoms with E-state index in [-0.39, 0.29) is 5.41 Å². The van der Waals surface area contributed by atoms with E-state index in [4.69, 9.17) is 10.5 Å². The first-order valence-corrected chi connectivity index (χ1v) is 6.59. The Morgan fingerprint density at radius 2 is 2.18 bits per heavy atom. The Hall–Kier alpha value is -0.740. The lowest BCUT2D eigenvalue weighted by Gasteiger charge is -2.51. The fraction of sp³-hybridized carbons (Fsp3) is 0.538. The maximum absolute atomic E-state index is 5.72. The van der Waals surface area contributed by atoms with Gasteiger partial charge in [0.15, 0.2) is 0 Å². The smallest absolute Gasteiger partial charge is 0.0661 e. The number of benzene rings is 1. The predicted octanol–water partition coefficient (Wildman–Crippen LogP) is 3.26. The Morgan fingerprint density at radius 3 is 2.71 bits per heavy atom. The average molecular weight is 299 g/mol. The number of methoxy groups -OCH3 is 1. The fourth-order valence-electron chi connectivity index (χ4n) is 2.37. The minimum absolute atomic E-state index is 0.162. The lowest BCUT2D eigenvalue weighted by Crippen LogP contribution is -2.57. The highest BCUT2D eigenvalue weighted by molar-refractivity contribution is 9.10. The molecule has 0 aliphatic heterocycles. The SMILES string of the molecule is COC1CC(Nc2ccc(N)cc2Br)C1(C)C. The van der Waals surface area contributed by atoms with E-state index in [0.717, 1.165) is 22.3 Å². The monoisotopic (exact) mass is 298 g/mol. The average Bonchev–Trinajstić information content (AvgIpc) is 2.26. The Morgan fingerprint density at radius 1 is 1.47 bits per heavy atom. The van der Waals surface area contributed by atoms with E-state index in [1.807, 2.05) is 18.2 Å². The van der Waals surface area contributed by atoms with Crippen molar-refractivity contribution in [2.24, 2.45) is 5.41 Å². The summed E-state index contributed by atoms with van der Waals surface area (Å²) in [7, 11) is 1.78. The van der Waals surface area contributed by atoms with Crippen molar-refractivity contribution >= 4 is 27.3 Å². The Bertz CT molecular complexity index is 420. The fourth-order valence-corrected chi connectivity index (χ4v) is 2.88. The second kappa shape index (κ2) is 4.50. The van der Waals surface area contributed by atoms with Crippen LogP contribution in [0.4, 0.5) is 11.4 Å². The Labute approximate surface area is 111 Å². The van der Waals surface area contributed by atoms with E-state index in [0.29, 0.717) is 12.1 Å². The van der Waals surface area contributed by atoms with E-state index in [2.05, 4.69) is 35.1 Å². The molecule has 0 radical (unpaired) electrons. The van der Waals surface area contributed by atoms with Crippen LogP contribution >= 0.6 is 15.9 Å². The molecule has 0 saturated heterocycles. The van der Waals surface area contributed by atoms with Gasteiger partial charge in [-0.2, -0.15) is 0 Å². The molecule has 3 N–H and O–H groups in total. The van der Waals surface area contributed by atoms with Crippen molar-refractivity contribution in [3.8, 4) is 0 Å². The standard InChI is InChI=1S/C13H19BrN2O/c1-13(2)11(7-12(13)17-3)16-10-5-4-8(15)6-9(10)14/h4-6,11-12,16H,7,15H2,1-3H3. The minimum Gasteiger partial charge on any atom is -0.399 e. The van der Waals surface area contributed by atoms with Crippen molar-refractivity contribution in [3.05, 3.63) is 22.7 Å². The topological polar surface area (TPSA) is 47.3 Å². The van der Waals surface area contributed by atoms with Crippen LogP contribution in [-0.2, 0) is 4.74 Å². The minimum atomic E-state index is 0.162. The van der Waals surface area contributed by atoms with E-state index >= 15 is 0 Å². The summed E-state index contributed by atoms with van der Waals surface area (Å²) < 4.78 is 6.46. The summed E-state index contributed by atoms with van der Waals surface area (Å²) in [6.07, 6.45) is 1.38. The largest absolute Gasteiger partial charge is 0.399 e. The van der Waals surface area contributed by atoms with Crippen molar-refractivity contribution in [1.29, 1.82) is 0 Å². The molecule has 17 heavy (non-hydrogen) atoms. The zero-order valence-electron chi connectivity index (χ0n) is 10.5. The van der Waals surface area contributed by atoms with Crippen LogP contribution in [0.3, 0.4) is 0 Å². The van der Waals surface area contributed by atoms with Crippen LogP contribution in [0.15, 0.2) is 22.7 Å². The van der Waals surface area contributed by atoms with Gasteiger partial charge in [-0.15, -0.1) is 0 Å². The van der Waals surface area contributed by atoms with Crippen molar-refractivity contribution in [1.82, 2.24) is 0 Å². The van der Waals surface area contributed by atoms with Crippen LogP contribution in [-0.4, -0.2) is 19.3 Å². The molecule has 2 atom stereocenters. The Kier molecular flexibility index (Phi) is 3.36. The number of nitrogens with one attached hydrogen (secondary N) is 1. The number of hydrogen-bond acceptors (Lipinski definition) is 3. The van der Waals surface area contributed by atoms with Crippen LogP contribution in [0.25, 0.3) is 0 Å². The summed E-state index contributed by atoms with van der Waals surface area (Å²) in [5, 5.41) is 3.55. The first-order chi connectivity index (χ1) is 7.95. The number of ether oxygens (including phenoxy) is 1. The van der Waals surface area contributed by atoms with Gasteiger partial charge in [0, 0.05) is 34.4 Å². The quantitative estimate of drug-likeness (QED) is 0.842. The molecule has 1 aromatic rings. The third kappa shape index (κ3) is 2.29. The zero-order chi connectivity index (χ0) is 12.6. The second-order valence-electron chi connectivity index (χ2n) is 5.22. The summed E-state index contributed by atoms with van der Waals surface area (Å²) in [6.45, 7) is 4.46. The molecule has 0 spiro atoms. The molecular formula is C13H19BrN2O. The van der Waals surface area contributed by atoms with Gasteiger partial charge in [0.2, 0.25) is 0 Å². The predicted molar refractivity (Wildman–Crippen MR) is 75.2 cm³/mol. The van der Waals surface area contributed by atoms with Gasteiger partial charge in [-0.3, -0.25) is 0 Å². The lowest BCUT2D eigenvalue weighted by molar-refractivity contribution is -0.0794. The molecule has 0 heterocycles. The molecule has 0 amide bonds. The summed E-state index contributed by atoms with van der Waals surface area (Å²) in [5.74, 6) is 0. The highest BCUT2D eigenvalue weighted by atomic mass is 79.9. The van der Waals surface area contributed by atoms with E-state index in [9.17, 15) is 0 Å². The third-order valence-electron chi connectivity index (χ3n) is 3.79. The molecule has 0 bridgehead atoms. The highest BCUT2D eigenvalue weighted by Gasteiger charge is 2.48. The molecule has 0 aromatic heterocycles. The number of hydrogen-bond donors (Lipinski definition) is 2. The molecule has 2 rings (SSSR count). The van der Waals surface area contributed by atoms with Crippen LogP contribution in [0.5, 0.6) is 0 Å². The molecule has 2 unspecified atom stereocenters. The van der Waals surface area contributed by atoms with Gasteiger partial charge in [-0.1, -0.05) is 13.8 Å². The molecule has 1 aliphatic carbocycles. The van der Waals surface area contributed by atoms with Gasteiger partial charge < -0.3 is 15.8 Å². The lowest BCUT2D eigenvalue weighted by atomic mass is 9.64. The summed E-state index contributed by atoms with van der Waals surface area (Å²) in [4.78, 5) is 0. The molecule has 1 fully saturated rings. The molecule has 94 valence electrons. The highest BCUT2D eigenvalue weighted by Crippen LogP contribution is 2.44. The molecule has 1 saturated carbocycles. The summed E-state index contributed by atoms with van der Waals surface area (Å²) >= 11 is 3.52. The van der Waals surface area contributed by atoms with Gasteiger partial charge in [0.05, 0.1) is 6.10 Å². The third-order valence-corrected chi connectivity index (χ3v) is 4.44. The Balaban J connectivity index is 2.08. The van der Waals surface area contributed by atoms with Gasteiger partial charge in [-0.25, -0.2) is 0 Å². The molecule has 1 aliphatic rings. The number of halogens is 1. The van der Waals surface area contributed by atoms with Gasteiger partial charge in [0.25, 0.3) is 0 Å². The van der Waals surface area contributed by atoms with Crippen LogP contribution in [0.2, 0.25) is 0 Å². The first kappa shape index (κ1) is 12.7. The van der Waals surface area contributed by atoms with Crippen LogP contribution in [0.1, 0.15) is 20.3 Å². The van der Waals surface area contributed by atoms with Gasteiger partial charge in [-0.05, 0) is 40.5 Å². The number of nitrogens with two attached hydrogens (primary N) is 1. The summed E-state index contributed by atoms with van der Waals surface area (Å²) in [5.41, 5.74) is 7.74. The van der Waals surface area contributed by atoms with E-state index in [1.165, 1.54) is 0 Å². The first-order valence-electron chi connectivity index (χ1n) is 5.79. The van der Waals surface area contributed by atoms with Gasteiger partial charge >= 0.3 is 0 Å². The van der Waals surface area contributed by atoms with E-state index in [1.54, 1.807) is 7.11 Å². The van der Waals surface area contributed by atoms with Crippen molar-refractivity contribution in [2.45, 2.75) is 32.4 Å². The summed E-state index contributed by atoms with van der Waals surface area (Å²) in [6, 6.07) is 6.27. The van der Waals surface area contributed by atoms with Crippen molar-refractivity contribution < 1.29 is 4.74 Å². The normalized spacial score (nSPS) is 26.4. The van der Waals surface area contributed by atoms with Crippen LogP contribution in [0, 0.1) is 5.41 Å². The number of rotatable bonds is 3. The molecule has 3 nitrogen and oxygen atoms in total. The van der Waals surface area contributed by atoms with E-state index < -0.39 is 0 Å². The van der Waals surface area contributed by atoms with Gasteiger partial charge in [0.1, 0.15) is 0 Å². The maximum atomic E-state index is 5.72. The van der Waals surface area contributed by atoms with Crippen LogP contribution < -0.4 is 11.1 Å². The molecule has 1 aromatic carbocycles. The van der Waals surface area contributed by atoms with Crippen molar-refractivity contribution in [2.75, 3.05) is 18.2 Å². The molecular weight excluding hydrogens is 280 g/mol. The van der Waals surface area contributed by atoms with Crippen molar-refractivity contribution in [3.63, 3.8) is 0 Å². The number of nitrogen functional groups attached to an aromatic ring is 1.